The molecule has 6 heteroatoms. The number of piperidine rings is 1. The summed E-state index contributed by atoms with van der Waals surface area (Å²) in [4.78, 5) is 13.3. The third-order valence-corrected chi connectivity index (χ3v) is 3.19. The fourth-order valence-corrected chi connectivity index (χ4v) is 2.37. The minimum Gasteiger partial charge on any atom is -0.336 e. The first kappa shape index (κ1) is 9.86. The number of hydrogen-bond donors (Lipinski definition) is 0. The zero-order valence-corrected chi connectivity index (χ0v) is 9.14. The highest BCUT2D eigenvalue weighted by Gasteiger charge is 2.19. The zero-order valence-electron chi connectivity index (χ0n) is 7.57. The molecule has 1 aromatic rings. The summed E-state index contributed by atoms with van der Waals surface area (Å²) < 4.78 is 0.435. The number of aromatic nitrogens is 2. The van der Waals surface area contributed by atoms with Gasteiger partial charge in [0.15, 0.2) is 0 Å². The maximum atomic E-state index is 11.5. The molecule has 2 rings (SSSR count). The number of likely N-dealkylation sites (tertiary alicyclic amines) is 1. The maximum Gasteiger partial charge on any atom is 0.222 e. The average Bonchev–Trinajstić information content (AvgIpc) is 2.56. The summed E-state index contributed by atoms with van der Waals surface area (Å²) in [6, 6.07) is 0. The van der Waals surface area contributed by atoms with Gasteiger partial charge in [0.2, 0.25) is 10.4 Å². The van der Waals surface area contributed by atoms with Gasteiger partial charge in [-0.1, -0.05) is 11.3 Å². The van der Waals surface area contributed by atoms with Gasteiger partial charge in [-0.25, -0.2) is 0 Å². The Morgan fingerprint density at radius 2 is 2.29 bits per heavy atom. The maximum absolute atomic E-state index is 11.5. The van der Waals surface area contributed by atoms with Gasteiger partial charge >= 0.3 is 0 Å². The van der Waals surface area contributed by atoms with Crippen molar-refractivity contribution in [1.29, 1.82) is 0 Å². The molecular weight excluding hydrogens is 222 g/mol. The molecule has 14 heavy (non-hydrogen) atoms. The van der Waals surface area contributed by atoms with Crippen LogP contribution in [0.4, 0.5) is 0 Å². The van der Waals surface area contributed by atoms with E-state index in [9.17, 15) is 4.79 Å². The Labute approximate surface area is 90.9 Å². The summed E-state index contributed by atoms with van der Waals surface area (Å²) in [7, 11) is 0. The van der Waals surface area contributed by atoms with Crippen LogP contribution in [0.15, 0.2) is 0 Å². The van der Waals surface area contributed by atoms with Gasteiger partial charge in [-0.3, -0.25) is 4.79 Å². The Kier molecular flexibility index (Phi) is 2.98. The number of halogens is 1. The van der Waals surface area contributed by atoms with Gasteiger partial charge in [0.05, 0.1) is 6.54 Å². The summed E-state index contributed by atoms with van der Waals surface area (Å²) in [5.74, 6) is 0.211. The molecule has 76 valence electrons. The zero-order chi connectivity index (χ0) is 9.97. The smallest absolute Gasteiger partial charge is 0.222 e. The van der Waals surface area contributed by atoms with Crippen LogP contribution in [0.2, 0.25) is 4.47 Å². The second-order valence-electron chi connectivity index (χ2n) is 3.22. The lowest BCUT2D eigenvalue weighted by Gasteiger charge is -2.25. The van der Waals surface area contributed by atoms with E-state index in [2.05, 4.69) is 10.2 Å². The Morgan fingerprint density at radius 3 is 2.93 bits per heavy atom. The Hall–Kier alpha value is -0.680. The van der Waals surface area contributed by atoms with Crippen LogP contribution in [0.3, 0.4) is 0 Å². The Balaban J connectivity index is 1.99. The molecule has 1 saturated heterocycles. The Morgan fingerprint density at radius 1 is 1.43 bits per heavy atom. The fourth-order valence-electron chi connectivity index (χ4n) is 1.49. The minimum atomic E-state index is 0.211. The summed E-state index contributed by atoms with van der Waals surface area (Å²) in [5.41, 5.74) is 0. The molecule has 0 spiro atoms. The van der Waals surface area contributed by atoms with Gasteiger partial charge in [0.1, 0.15) is 5.01 Å². The highest BCUT2D eigenvalue weighted by Crippen LogP contribution is 2.19. The van der Waals surface area contributed by atoms with E-state index in [0.29, 0.717) is 17.4 Å². The topological polar surface area (TPSA) is 46.1 Å². The molecule has 0 unspecified atom stereocenters. The summed E-state index contributed by atoms with van der Waals surface area (Å²) in [6.45, 7) is 1.39. The van der Waals surface area contributed by atoms with E-state index >= 15 is 0 Å². The lowest BCUT2D eigenvalue weighted by Crippen LogP contribution is -2.34. The number of carbonyl (C=O) groups excluding carboxylic acids is 1. The van der Waals surface area contributed by atoms with E-state index in [1.54, 1.807) is 0 Å². The van der Waals surface area contributed by atoms with Crippen molar-refractivity contribution in [2.75, 3.05) is 6.54 Å². The van der Waals surface area contributed by atoms with Crippen LogP contribution < -0.4 is 0 Å². The van der Waals surface area contributed by atoms with Gasteiger partial charge in [-0.2, -0.15) is 0 Å². The van der Waals surface area contributed by atoms with Crippen molar-refractivity contribution in [3.8, 4) is 0 Å². The molecular formula is C8H10ClN3OS. The predicted octanol–water partition coefficient (Wildman–Crippen LogP) is 1.70. The first-order valence-electron chi connectivity index (χ1n) is 4.51. The van der Waals surface area contributed by atoms with Crippen molar-refractivity contribution >= 4 is 28.8 Å². The van der Waals surface area contributed by atoms with Crippen LogP contribution in [-0.4, -0.2) is 27.5 Å². The lowest BCUT2D eigenvalue weighted by molar-refractivity contribution is -0.133. The van der Waals surface area contributed by atoms with Crippen LogP contribution in [0, 0.1) is 0 Å². The van der Waals surface area contributed by atoms with E-state index in [0.717, 1.165) is 24.4 Å². The van der Waals surface area contributed by atoms with Gasteiger partial charge in [-0.15, -0.1) is 10.2 Å². The molecule has 0 aromatic carbocycles. The third-order valence-electron chi connectivity index (χ3n) is 2.19. The second-order valence-corrected chi connectivity index (χ2v) is 4.87. The van der Waals surface area contributed by atoms with Crippen LogP contribution in [0.5, 0.6) is 0 Å². The van der Waals surface area contributed by atoms with Crippen molar-refractivity contribution in [2.45, 2.75) is 25.8 Å². The molecule has 1 amide bonds. The van der Waals surface area contributed by atoms with E-state index < -0.39 is 0 Å². The number of amides is 1. The second kappa shape index (κ2) is 4.23. The number of nitrogens with zero attached hydrogens (tertiary/aromatic N) is 3. The predicted molar refractivity (Wildman–Crippen MR) is 54.2 cm³/mol. The standard InChI is InChI=1S/C8H10ClN3OS/c9-8-11-10-6(14-8)5-12-4-2-1-3-7(12)13/h1-5H2. The van der Waals surface area contributed by atoms with Crippen LogP contribution >= 0.6 is 22.9 Å². The summed E-state index contributed by atoms with van der Waals surface area (Å²) >= 11 is 6.99. The molecule has 0 atom stereocenters. The van der Waals surface area contributed by atoms with Gasteiger partial charge < -0.3 is 4.90 Å². The number of rotatable bonds is 2. The molecule has 0 radical (unpaired) electrons. The fraction of sp³-hybridized carbons (Fsp3) is 0.625. The third kappa shape index (κ3) is 2.22. The van der Waals surface area contributed by atoms with Gasteiger partial charge in [0.25, 0.3) is 0 Å². The van der Waals surface area contributed by atoms with Crippen molar-refractivity contribution in [1.82, 2.24) is 15.1 Å². The van der Waals surface area contributed by atoms with Crippen LogP contribution in [0.25, 0.3) is 0 Å². The van der Waals surface area contributed by atoms with Crippen molar-refractivity contribution in [3.63, 3.8) is 0 Å². The average molecular weight is 232 g/mol. The molecule has 1 fully saturated rings. The van der Waals surface area contributed by atoms with Crippen molar-refractivity contribution < 1.29 is 4.79 Å². The molecule has 1 aliphatic heterocycles. The molecule has 0 saturated carbocycles. The summed E-state index contributed by atoms with van der Waals surface area (Å²) in [6.07, 6.45) is 2.75. The molecule has 0 N–H and O–H groups in total. The van der Waals surface area contributed by atoms with Gasteiger partial charge in [-0.05, 0) is 24.4 Å². The SMILES string of the molecule is O=C1CCCCN1Cc1nnc(Cl)s1. The van der Waals surface area contributed by atoms with E-state index in [-0.39, 0.29) is 5.91 Å². The number of carbonyl (C=O) groups is 1. The molecule has 2 heterocycles. The van der Waals surface area contributed by atoms with E-state index in [1.807, 2.05) is 4.90 Å². The van der Waals surface area contributed by atoms with Crippen LogP contribution in [-0.2, 0) is 11.3 Å². The first-order valence-corrected chi connectivity index (χ1v) is 5.71. The monoisotopic (exact) mass is 231 g/mol. The van der Waals surface area contributed by atoms with Crippen molar-refractivity contribution in [2.24, 2.45) is 0 Å². The van der Waals surface area contributed by atoms with Gasteiger partial charge in [0, 0.05) is 13.0 Å². The molecule has 0 bridgehead atoms. The molecule has 0 aliphatic carbocycles. The normalized spacial score (nSPS) is 17.5. The van der Waals surface area contributed by atoms with E-state index in [1.165, 1.54) is 11.3 Å². The first-order chi connectivity index (χ1) is 6.75. The summed E-state index contributed by atoms with van der Waals surface area (Å²) in [5, 5.41) is 8.40. The minimum absolute atomic E-state index is 0.211. The molecule has 1 aromatic heterocycles. The van der Waals surface area contributed by atoms with Crippen LogP contribution in [0.1, 0.15) is 24.3 Å². The number of hydrogen-bond acceptors (Lipinski definition) is 4. The largest absolute Gasteiger partial charge is 0.336 e. The highest BCUT2D eigenvalue weighted by atomic mass is 35.5. The lowest BCUT2D eigenvalue weighted by atomic mass is 10.1. The highest BCUT2D eigenvalue weighted by molar-refractivity contribution is 7.15. The van der Waals surface area contributed by atoms with Crippen molar-refractivity contribution in [3.05, 3.63) is 9.47 Å². The quantitative estimate of drug-likeness (QED) is 0.779. The molecule has 4 nitrogen and oxygen atoms in total. The Bertz CT molecular complexity index is 341. The molecule has 1 aliphatic rings. The van der Waals surface area contributed by atoms with E-state index in [4.69, 9.17) is 11.6 Å².